The van der Waals surface area contributed by atoms with Gasteiger partial charge in [-0.05, 0) is 25.2 Å². The molecule has 1 rings (SSSR count). The summed E-state index contributed by atoms with van der Waals surface area (Å²) in [5, 5.41) is 6.09. The molecule has 0 unspecified atom stereocenters. The average Bonchev–Trinajstić information content (AvgIpc) is 2.17. The third-order valence-electron chi connectivity index (χ3n) is 3.59. The first-order valence-corrected chi connectivity index (χ1v) is 6.46. The number of hydrogen-bond acceptors (Lipinski definition) is 1. The summed E-state index contributed by atoms with van der Waals surface area (Å²) in [4.78, 5) is 11.7. The molecule has 0 aliphatic heterocycles. The van der Waals surface area contributed by atoms with E-state index in [0.717, 1.165) is 12.8 Å². The van der Waals surface area contributed by atoms with Crippen LogP contribution in [-0.2, 0) is 0 Å². The van der Waals surface area contributed by atoms with E-state index in [1.807, 2.05) is 0 Å². The SMILES string of the molecule is C[C@H](NC(=O)NC1CCCCC1)C(C)(C)C. The lowest BCUT2D eigenvalue weighted by Crippen LogP contribution is -2.49. The second-order valence-corrected chi connectivity index (χ2v) is 6.04. The van der Waals surface area contributed by atoms with Crippen molar-refractivity contribution in [3.8, 4) is 0 Å². The summed E-state index contributed by atoms with van der Waals surface area (Å²) in [6.07, 6.45) is 6.09. The molecule has 0 saturated heterocycles. The van der Waals surface area contributed by atoms with E-state index in [-0.39, 0.29) is 17.5 Å². The van der Waals surface area contributed by atoms with Crippen LogP contribution in [0.2, 0.25) is 0 Å². The minimum atomic E-state index is -0.00525. The molecule has 0 radical (unpaired) electrons. The van der Waals surface area contributed by atoms with Crippen LogP contribution in [-0.4, -0.2) is 18.1 Å². The lowest BCUT2D eigenvalue weighted by Gasteiger charge is -2.30. The second-order valence-electron chi connectivity index (χ2n) is 6.04. The fourth-order valence-electron chi connectivity index (χ4n) is 1.89. The smallest absolute Gasteiger partial charge is 0.315 e. The molecular formula is C13H26N2O. The Bertz CT molecular complexity index is 227. The van der Waals surface area contributed by atoms with E-state index in [1.165, 1.54) is 19.3 Å². The Morgan fingerprint density at radius 3 is 2.25 bits per heavy atom. The topological polar surface area (TPSA) is 41.1 Å². The zero-order valence-electron chi connectivity index (χ0n) is 11.1. The van der Waals surface area contributed by atoms with Crippen molar-refractivity contribution < 1.29 is 4.79 Å². The lowest BCUT2D eigenvalue weighted by molar-refractivity contribution is 0.215. The molecule has 0 heterocycles. The molecule has 0 aromatic heterocycles. The Balaban J connectivity index is 2.29. The first-order valence-electron chi connectivity index (χ1n) is 6.46. The average molecular weight is 226 g/mol. The fourth-order valence-corrected chi connectivity index (χ4v) is 1.89. The molecule has 2 amide bonds. The normalized spacial score (nSPS) is 20.2. The van der Waals surface area contributed by atoms with Crippen molar-refractivity contribution in [3.63, 3.8) is 0 Å². The van der Waals surface area contributed by atoms with Gasteiger partial charge in [-0.1, -0.05) is 40.0 Å². The van der Waals surface area contributed by atoms with E-state index in [0.29, 0.717) is 6.04 Å². The van der Waals surface area contributed by atoms with Gasteiger partial charge in [0.1, 0.15) is 0 Å². The van der Waals surface area contributed by atoms with Crippen molar-refractivity contribution in [1.82, 2.24) is 10.6 Å². The largest absolute Gasteiger partial charge is 0.335 e. The molecule has 16 heavy (non-hydrogen) atoms. The molecule has 1 aliphatic carbocycles. The monoisotopic (exact) mass is 226 g/mol. The van der Waals surface area contributed by atoms with Gasteiger partial charge >= 0.3 is 6.03 Å². The number of carbonyl (C=O) groups excluding carboxylic acids is 1. The Morgan fingerprint density at radius 2 is 1.75 bits per heavy atom. The van der Waals surface area contributed by atoms with E-state index < -0.39 is 0 Å². The van der Waals surface area contributed by atoms with Gasteiger partial charge in [0.05, 0.1) is 0 Å². The zero-order valence-corrected chi connectivity index (χ0v) is 11.1. The summed E-state index contributed by atoms with van der Waals surface area (Å²) >= 11 is 0. The van der Waals surface area contributed by atoms with Crippen LogP contribution in [0.3, 0.4) is 0 Å². The van der Waals surface area contributed by atoms with Gasteiger partial charge in [-0.15, -0.1) is 0 Å². The third-order valence-corrected chi connectivity index (χ3v) is 3.59. The maximum atomic E-state index is 11.7. The van der Waals surface area contributed by atoms with Gasteiger partial charge in [0, 0.05) is 12.1 Å². The number of rotatable bonds is 2. The summed E-state index contributed by atoms with van der Waals surface area (Å²) in [5.74, 6) is 0. The van der Waals surface area contributed by atoms with Gasteiger partial charge in [-0.25, -0.2) is 4.79 Å². The maximum Gasteiger partial charge on any atom is 0.315 e. The second kappa shape index (κ2) is 5.55. The van der Waals surface area contributed by atoms with Crippen molar-refractivity contribution in [2.45, 2.75) is 71.9 Å². The van der Waals surface area contributed by atoms with Crippen molar-refractivity contribution in [2.24, 2.45) is 5.41 Å². The van der Waals surface area contributed by atoms with Gasteiger partial charge in [-0.3, -0.25) is 0 Å². The molecule has 3 heteroatoms. The summed E-state index contributed by atoms with van der Waals surface area (Å²) in [6.45, 7) is 8.47. The van der Waals surface area contributed by atoms with Gasteiger partial charge in [-0.2, -0.15) is 0 Å². The molecule has 0 aromatic carbocycles. The number of nitrogens with one attached hydrogen (secondary N) is 2. The third kappa shape index (κ3) is 4.42. The van der Waals surface area contributed by atoms with Gasteiger partial charge in [0.2, 0.25) is 0 Å². The van der Waals surface area contributed by atoms with E-state index in [4.69, 9.17) is 0 Å². The van der Waals surface area contributed by atoms with E-state index in [1.54, 1.807) is 0 Å². The number of carbonyl (C=O) groups is 1. The molecule has 0 spiro atoms. The lowest BCUT2D eigenvalue weighted by atomic mass is 9.88. The molecule has 0 aromatic rings. The Hall–Kier alpha value is -0.730. The summed E-state index contributed by atoms with van der Waals surface area (Å²) in [5.41, 5.74) is 0.115. The standard InChI is InChI=1S/C13H26N2O/c1-10(13(2,3)4)14-12(16)15-11-8-6-5-7-9-11/h10-11H,5-9H2,1-4H3,(H2,14,15,16)/t10-/m0/s1. The van der Waals surface area contributed by atoms with Crippen LogP contribution in [0, 0.1) is 5.41 Å². The summed E-state index contributed by atoms with van der Waals surface area (Å²) < 4.78 is 0. The van der Waals surface area contributed by atoms with E-state index >= 15 is 0 Å². The van der Waals surface area contributed by atoms with Crippen LogP contribution >= 0.6 is 0 Å². The predicted octanol–water partition coefficient (Wildman–Crippen LogP) is 3.05. The summed E-state index contributed by atoms with van der Waals surface area (Å²) in [6, 6.07) is 0.575. The molecular weight excluding hydrogens is 200 g/mol. The molecule has 1 aliphatic rings. The first-order chi connectivity index (χ1) is 7.39. The van der Waals surface area contributed by atoms with Crippen LogP contribution in [0.1, 0.15) is 59.8 Å². The Labute approximate surface area is 99.4 Å². The minimum Gasteiger partial charge on any atom is -0.335 e. The van der Waals surface area contributed by atoms with Crippen molar-refractivity contribution in [2.75, 3.05) is 0 Å². The van der Waals surface area contributed by atoms with Gasteiger partial charge in [0.25, 0.3) is 0 Å². The molecule has 1 fully saturated rings. The van der Waals surface area contributed by atoms with Crippen LogP contribution in [0.25, 0.3) is 0 Å². The highest BCUT2D eigenvalue weighted by molar-refractivity contribution is 5.74. The summed E-state index contributed by atoms with van der Waals surface area (Å²) in [7, 11) is 0. The van der Waals surface area contributed by atoms with Gasteiger partial charge < -0.3 is 10.6 Å². The van der Waals surface area contributed by atoms with Gasteiger partial charge in [0.15, 0.2) is 0 Å². The highest BCUT2D eigenvalue weighted by Gasteiger charge is 2.23. The molecule has 0 bridgehead atoms. The first kappa shape index (κ1) is 13.3. The highest BCUT2D eigenvalue weighted by Crippen LogP contribution is 2.19. The fraction of sp³-hybridized carbons (Fsp3) is 0.923. The Morgan fingerprint density at radius 1 is 1.19 bits per heavy atom. The van der Waals surface area contributed by atoms with Crippen molar-refractivity contribution in [1.29, 1.82) is 0 Å². The zero-order chi connectivity index (χ0) is 12.2. The van der Waals surface area contributed by atoms with Crippen molar-refractivity contribution in [3.05, 3.63) is 0 Å². The van der Waals surface area contributed by atoms with Crippen molar-refractivity contribution >= 4 is 6.03 Å². The molecule has 2 N–H and O–H groups in total. The highest BCUT2D eigenvalue weighted by atomic mass is 16.2. The van der Waals surface area contributed by atoms with Crippen LogP contribution in [0.4, 0.5) is 4.79 Å². The maximum absolute atomic E-state index is 11.7. The van der Waals surface area contributed by atoms with E-state index in [9.17, 15) is 4.79 Å². The number of hydrogen-bond donors (Lipinski definition) is 2. The van der Waals surface area contributed by atoms with E-state index in [2.05, 4.69) is 38.3 Å². The van der Waals surface area contributed by atoms with Crippen LogP contribution in [0.5, 0.6) is 0 Å². The van der Waals surface area contributed by atoms with Crippen LogP contribution < -0.4 is 10.6 Å². The molecule has 1 saturated carbocycles. The predicted molar refractivity (Wildman–Crippen MR) is 67.5 cm³/mol. The van der Waals surface area contributed by atoms with Crippen LogP contribution in [0.15, 0.2) is 0 Å². The minimum absolute atomic E-state index is 0.00525. The quantitative estimate of drug-likeness (QED) is 0.746. The molecule has 3 nitrogen and oxygen atoms in total. The number of amides is 2. The Kier molecular flexibility index (Phi) is 4.63. The molecule has 94 valence electrons. The number of urea groups is 1. The molecule has 1 atom stereocenters.